The quantitative estimate of drug-likeness (QED) is 0.134. The molecule has 2 aromatic heterocycles. The molecule has 2 N–H and O–H groups in total. The van der Waals surface area contributed by atoms with Gasteiger partial charge in [-0.2, -0.15) is 4.98 Å². The Morgan fingerprint density at radius 3 is 2.57 bits per heavy atom. The molecular weight excluding hydrogens is 677 g/mol. The van der Waals surface area contributed by atoms with Crippen LogP contribution < -0.4 is 16.3 Å². The first-order valence-electron chi connectivity index (χ1n) is 14.5. The molecule has 2 aliphatic rings. The van der Waals surface area contributed by atoms with Gasteiger partial charge in [0.1, 0.15) is 11.6 Å². The van der Waals surface area contributed by atoms with Gasteiger partial charge in [0.05, 0.1) is 54.0 Å². The molecule has 1 amide bonds. The SMILES string of the molecule is C=CC(=O)N1CC(C)N2c3nc(=O)n(-c4c(C)ccnc4C(C)C)c4c(Cl)c(-c5c(N)c(Cl)cc(Cl)c5F)c(F)c(c34)SCC2C1. The topological polar surface area (TPSA) is 97.4 Å². The van der Waals surface area contributed by atoms with Crippen LogP contribution in [-0.4, -0.2) is 56.3 Å². The van der Waals surface area contributed by atoms with Gasteiger partial charge >= 0.3 is 5.69 Å². The summed E-state index contributed by atoms with van der Waals surface area (Å²) in [5.41, 5.74) is 6.34. The molecule has 0 bridgehead atoms. The van der Waals surface area contributed by atoms with Crippen molar-refractivity contribution in [2.45, 2.75) is 50.6 Å². The molecule has 240 valence electrons. The van der Waals surface area contributed by atoms with Crippen LogP contribution in [0.4, 0.5) is 20.3 Å². The number of fused-ring (bicyclic) bond motifs is 2. The van der Waals surface area contributed by atoms with Gasteiger partial charge in [-0.05, 0) is 43.5 Å². The van der Waals surface area contributed by atoms with Gasteiger partial charge in [0.2, 0.25) is 5.91 Å². The molecule has 0 aliphatic carbocycles. The highest BCUT2D eigenvalue weighted by atomic mass is 35.5. The molecule has 0 radical (unpaired) electrons. The van der Waals surface area contributed by atoms with Gasteiger partial charge in [0, 0.05) is 42.2 Å². The van der Waals surface area contributed by atoms with Gasteiger partial charge in [-0.15, -0.1) is 11.8 Å². The predicted molar refractivity (Wildman–Crippen MR) is 182 cm³/mol. The predicted octanol–water partition coefficient (Wildman–Crippen LogP) is 7.40. The second-order valence-electron chi connectivity index (χ2n) is 11.7. The van der Waals surface area contributed by atoms with Crippen molar-refractivity contribution < 1.29 is 13.6 Å². The van der Waals surface area contributed by atoms with E-state index in [-0.39, 0.29) is 78.4 Å². The number of nitrogens with two attached hydrogens (primary N) is 1. The number of hydrogen-bond donors (Lipinski definition) is 1. The Balaban J connectivity index is 1.80. The molecule has 14 heteroatoms. The van der Waals surface area contributed by atoms with Gasteiger partial charge < -0.3 is 15.5 Å². The maximum atomic E-state index is 17.1. The number of benzene rings is 2. The smallest absolute Gasteiger partial charge is 0.354 e. The monoisotopic (exact) mass is 704 g/mol. The van der Waals surface area contributed by atoms with Crippen LogP contribution in [0.15, 0.2) is 40.7 Å². The van der Waals surface area contributed by atoms with Crippen molar-refractivity contribution in [3.05, 3.63) is 79.4 Å². The fourth-order valence-electron chi connectivity index (χ4n) is 6.44. The normalized spacial score (nSPS) is 17.8. The summed E-state index contributed by atoms with van der Waals surface area (Å²) >= 11 is 20.8. The van der Waals surface area contributed by atoms with Gasteiger partial charge in [-0.25, -0.2) is 13.6 Å². The zero-order valence-corrected chi connectivity index (χ0v) is 28.4. The minimum atomic E-state index is -1.01. The Bertz CT molecular complexity index is 2010. The van der Waals surface area contributed by atoms with Gasteiger partial charge in [0.15, 0.2) is 5.82 Å². The summed E-state index contributed by atoms with van der Waals surface area (Å²) in [4.78, 5) is 39.8. The minimum Gasteiger partial charge on any atom is -0.397 e. The summed E-state index contributed by atoms with van der Waals surface area (Å²) in [5.74, 6) is -1.71. The van der Waals surface area contributed by atoms with Crippen molar-refractivity contribution in [3.63, 3.8) is 0 Å². The van der Waals surface area contributed by atoms with Gasteiger partial charge in [-0.1, -0.05) is 55.2 Å². The number of carbonyl (C=O) groups excluding carboxylic acids is 1. The van der Waals surface area contributed by atoms with Crippen molar-refractivity contribution in [1.82, 2.24) is 19.4 Å². The van der Waals surface area contributed by atoms with Crippen LogP contribution in [0, 0.1) is 18.6 Å². The molecule has 2 aromatic carbocycles. The van der Waals surface area contributed by atoms with Crippen LogP contribution in [-0.2, 0) is 4.79 Å². The molecular formula is C32H29Cl3F2N6O2S. The number of aromatic nitrogens is 3. The molecule has 2 unspecified atom stereocenters. The highest BCUT2D eigenvalue weighted by molar-refractivity contribution is 7.99. The van der Waals surface area contributed by atoms with E-state index in [1.807, 2.05) is 32.6 Å². The zero-order chi connectivity index (χ0) is 33.4. The first kappa shape index (κ1) is 32.6. The zero-order valence-electron chi connectivity index (χ0n) is 25.3. The third-order valence-corrected chi connectivity index (χ3v) is 10.6. The van der Waals surface area contributed by atoms with E-state index in [0.717, 1.165) is 17.8 Å². The summed E-state index contributed by atoms with van der Waals surface area (Å²) in [7, 11) is 0. The first-order chi connectivity index (χ1) is 21.8. The lowest BCUT2D eigenvalue weighted by Crippen LogP contribution is -2.60. The lowest BCUT2D eigenvalue weighted by atomic mass is 9.98. The summed E-state index contributed by atoms with van der Waals surface area (Å²) in [6, 6.07) is 2.22. The highest BCUT2D eigenvalue weighted by Crippen LogP contribution is 2.51. The third-order valence-electron chi connectivity index (χ3n) is 8.47. The number of pyridine rings is 1. The van der Waals surface area contributed by atoms with E-state index in [1.54, 1.807) is 17.2 Å². The van der Waals surface area contributed by atoms with Crippen LogP contribution >= 0.6 is 46.6 Å². The van der Waals surface area contributed by atoms with Crippen LogP contribution in [0.3, 0.4) is 0 Å². The Morgan fingerprint density at radius 1 is 1.17 bits per heavy atom. The number of piperazine rings is 1. The summed E-state index contributed by atoms with van der Waals surface area (Å²) in [6.45, 7) is 11.8. The second kappa shape index (κ2) is 12.0. The van der Waals surface area contributed by atoms with Crippen molar-refractivity contribution in [3.8, 4) is 16.8 Å². The second-order valence-corrected chi connectivity index (χ2v) is 14.0. The van der Waals surface area contributed by atoms with E-state index in [1.165, 1.54) is 10.6 Å². The van der Waals surface area contributed by atoms with E-state index >= 15 is 8.78 Å². The molecule has 4 heterocycles. The molecule has 2 aliphatic heterocycles. The van der Waals surface area contributed by atoms with Crippen molar-refractivity contribution in [2.24, 2.45) is 0 Å². The number of aryl methyl sites for hydroxylation is 1. The number of halogens is 5. The molecule has 46 heavy (non-hydrogen) atoms. The van der Waals surface area contributed by atoms with E-state index in [2.05, 4.69) is 16.5 Å². The number of nitrogens with zero attached hydrogens (tertiary/aromatic N) is 5. The Labute approximate surface area is 283 Å². The maximum absolute atomic E-state index is 17.1. The fraction of sp³-hybridized carbons (Fsp3) is 0.312. The molecule has 8 nitrogen and oxygen atoms in total. The highest BCUT2D eigenvalue weighted by Gasteiger charge is 2.41. The number of carbonyl (C=O) groups is 1. The number of thioether (sulfide) groups is 1. The lowest BCUT2D eigenvalue weighted by molar-refractivity contribution is -0.127. The number of anilines is 2. The molecule has 6 rings (SSSR count). The third kappa shape index (κ3) is 4.94. The van der Waals surface area contributed by atoms with Crippen molar-refractivity contribution in [2.75, 3.05) is 29.5 Å². The summed E-state index contributed by atoms with van der Waals surface area (Å²) in [6.07, 6.45) is 2.90. The standard InChI is InChI=1S/C32H29Cl3F2N6O2S/c1-6-19(44)41-10-15(5)42-16(11-41)12-46-30-22-29(23(35)20(25(30)37)21-24(36)17(33)9-18(34)26(21)38)43(32(45)40-31(22)42)28-14(4)7-8-39-27(28)13(2)3/h6-9,13,15-16H,1,10-12,38H2,2-5H3. The minimum absolute atomic E-state index is 0.0913. The largest absolute Gasteiger partial charge is 0.397 e. The van der Waals surface area contributed by atoms with Gasteiger partial charge in [-0.3, -0.25) is 14.3 Å². The average molecular weight is 706 g/mol. The molecule has 4 aromatic rings. The van der Waals surface area contributed by atoms with Gasteiger partial charge in [0.25, 0.3) is 0 Å². The molecule has 0 saturated carbocycles. The van der Waals surface area contributed by atoms with E-state index in [9.17, 15) is 9.59 Å². The summed E-state index contributed by atoms with van der Waals surface area (Å²) < 4.78 is 34.2. The van der Waals surface area contributed by atoms with Crippen LogP contribution in [0.5, 0.6) is 0 Å². The molecule has 2 atom stereocenters. The number of hydrogen-bond acceptors (Lipinski definition) is 7. The van der Waals surface area contributed by atoms with Crippen LogP contribution in [0.25, 0.3) is 27.7 Å². The molecule has 0 spiro atoms. The maximum Gasteiger partial charge on any atom is 0.354 e. The summed E-state index contributed by atoms with van der Waals surface area (Å²) in [5, 5.41) is -0.463. The van der Waals surface area contributed by atoms with E-state index in [4.69, 9.17) is 40.5 Å². The van der Waals surface area contributed by atoms with E-state index in [0.29, 0.717) is 29.2 Å². The number of rotatable bonds is 4. The lowest BCUT2D eigenvalue weighted by Gasteiger charge is -2.45. The Kier molecular flexibility index (Phi) is 8.50. The first-order valence-corrected chi connectivity index (χ1v) is 16.6. The number of amides is 1. The molecule has 1 saturated heterocycles. The van der Waals surface area contributed by atoms with E-state index < -0.39 is 22.9 Å². The Hall–Kier alpha value is -3.38. The Morgan fingerprint density at radius 2 is 1.89 bits per heavy atom. The number of nitrogen functional groups attached to an aromatic ring is 1. The van der Waals surface area contributed by atoms with Crippen molar-refractivity contribution in [1.29, 1.82) is 0 Å². The molecule has 1 fully saturated rings. The average Bonchev–Trinajstić information content (AvgIpc) is 3.17. The van der Waals surface area contributed by atoms with Crippen LogP contribution in [0.2, 0.25) is 15.1 Å². The van der Waals surface area contributed by atoms with Crippen molar-refractivity contribution >= 4 is 74.9 Å². The van der Waals surface area contributed by atoms with Crippen LogP contribution in [0.1, 0.15) is 37.9 Å². The fourth-order valence-corrected chi connectivity index (χ4v) is 8.45.